The molecule has 1 aromatic carbocycles. The van der Waals surface area contributed by atoms with Crippen molar-refractivity contribution in [3.05, 3.63) is 29.8 Å². The molecule has 0 spiro atoms. The van der Waals surface area contributed by atoms with Crippen LogP contribution in [0.25, 0.3) is 0 Å². The Labute approximate surface area is 160 Å². The van der Waals surface area contributed by atoms with Crippen LogP contribution >= 0.6 is 0 Å². The van der Waals surface area contributed by atoms with Crippen molar-refractivity contribution in [1.82, 2.24) is 10.2 Å². The lowest BCUT2D eigenvalue weighted by molar-refractivity contribution is -0.119. The van der Waals surface area contributed by atoms with Crippen LogP contribution in [-0.2, 0) is 4.79 Å². The van der Waals surface area contributed by atoms with Crippen LogP contribution in [0.2, 0.25) is 0 Å². The lowest BCUT2D eigenvalue weighted by atomic mass is 9.84. The lowest BCUT2D eigenvalue weighted by Crippen LogP contribution is -2.47. The summed E-state index contributed by atoms with van der Waals surface area (Å²) in [5.41, 5.74) is 1.01. The molecule has 0 bridgehead atoms. The minimum Gasteiger partial charge on any atom is -0.369 e. The van der Waals surface area contributed by atoms with Gasteiger partial charge in [0.25, 0.3) is 6.43 Å². The van der Waals surface area contributed by atoms with E-state index in [1.54, 1.807) is 19.1 Å². The number of amides is 1. The van der Waals surface area contributed by atoms with Crippen molar-refractivity contribution >= 4 is 11.6 Å². The molecule has 2 fully saturated rings. The van der Waals surface area contributed by atoms with Crippen LogP contribution in [0.3, 0.4) is 0 Å². The molecule has 150 valence electrons. The van der Waals surface area contributed by atoms with Crippen molar-refractivity contribution in [2.24, 2.45) is 5.92 Å². The van der Waals surface area contributed by atoms with Crippen LogP contribution in [0.4, 0.5) is 14.5 Å². The number of nitrogens with one attached hydrogen (secondary N) is 1. The van der Waals surface area contributed by atoms with Gasteiger partial charge in [-0.2, -0.15) is 0 Å². The molecule has 1 aliphatic heterocycles. The van der Waals surface area contributed by atoms with Crippen LogP contribution in [0, 0.1) is 5.92 Å². The van der Waals surface area contributed by atoms with E-state index in [0.29, 0.717) is 6.04 Å². The molecule has 0 radical (unpaired) electrons. The predicted octanol–water partition coefficient (Wildman–Crippen LogP) is 3.83. The van der Waals surface area contributed by atoms with Gasteiger partial charge >= 0.3 is 0 Å². The molecular formula is C21H31F2N3O. The fourth-order valence-corrected chi connectivity index (χ4v) is 4.33. The van der Waals surface area contributed by atoms with Gasteiger partial charge in [0.05, 0.1) is 0 Å². The summed E-state index contributed by atoms with van der Waals surface area (Å²) in [6, 6.07) is 7.13. The number of carbonyl (C=O) groups is 1. The van der Waals surface area contributed by atoms with Crippen LogP contribution in [0.5, 0.6) is 0 Å². The average molecular weight is 379 g/mol. The highest BCUT2D eigenvalue weighted by molar-refractivity contribution is 5.73. The van der Waals surface area contributed by atoms with Crippen molar-refractivity contribution in [2.45, 2.75) is 51.5 Å². The van der Waals surface area contributed by atoms with Gasteiger partial charge in [-0.1, -0.05) is 12.1 Å². The Morgan fingerprint density at radius 3 is 2.48 bits per heavy atom. The smallest absolute Gasteiger partial charge is 0.263 e. The molecule has 1 saturated heterocycles. The zero-order valence-corrected chi connectivity index (χ0v) is 16.2. The van der Waals surface area contributed by atoms with E-state index >= 15 is 0 Å². The van der Waals surface area contributed by atoms with E-state index in [2.05, 4.69) is 15.1 Å². The Balaban J connectivity index is 1.38. The van der Waals surface area contributed by atoms with Gasteiger partial charge in [-0.25, -0.2) is 8.78 Å². The molecule has 1 amide bonds. The largest absolute Gasteiger partial charge is 0.369 e. The number of carbonyl (C=O) groups excluding carboxylic acids is 1. The van der Waals surface area contributed by atoms with Gasteiger partial charge in [0.1, 0.15) is 0 Å². The third kappa shape index (κ3) is 5.89. The van der Waals surface area contributed by atoms with E-state index < -0.39 is 6.43 Å². The standard InChI is InChI=1S/C21H31F2N3O/c1-16(27)24-19-7-5-17(6-8-19)9-10-25-11-13-26(14-12-25)20-4-2-3-18(15-20)21(22)23/h2-4,15,17,19,21H,5-14H2,1H3,(H,24,27). The summed E-state index contributed by atoms with van der Waals surface area (Å²) in [4.78, 5) is 15.9. The van der Waals surface area contributed by atoms with Crippen LogP contribution in [-0.4, -0.2) is 49.6 Å². The SMILES string of the molecule is CC(=O)NC1CCC(CCN2CCN(c3cccc(C(F)F)c3)CC2)CC1. The van der Waals surface area contributed by atoms with Crippen LogP contribution < -0.4 is 10.2 Å². The number of hydrogen-bond acceptors (Lipinski definition) is 3. The van der Waals surface area contributed by atoms with Gasteiger partial charge < -0.3 is 10.2 Å². The molecule has 3 rings (SSSR count). The summed E-state index contributed by atoms with van der Waals surface area (Å²) in [6.07, 6.45) is 3.40. The van der Waals surface area contributed by atoms with Gasteiger partial charge in [0, 0.05) is 50.4 Å². The maximum atomic E-state index is 12.9. The van der Waals surface area contributed by atoms with Crippen molar-refractivity contribution in [3.8, 4) is 0 Å². The van der Waals surface area contributed by atoms with E-state index in [-0.39, 0.29) is 11.5 Å². The predicted molar refractivity (Wildman–Crippen MR) is 104 cm³/mol. The maximum absolute atomic E-state index is 12.9. The summed E-state index contributed by atoms with van der Waals surface area (Å²) in [6.45, 7) is 6.46. The summed E-state index contributed by atoms with van der Waals surface area (Å²) in [7, 11) is 0. The fraction of sp³-hybridized carbons (Fsp3) is 0.667. The number of anilines is 1. The van der Waals surface area contributed by atoms with Crippen molar-refractivity contribution < 1.29 is 13.6 Å². The van der Waals surface area contributed by atoms with Crippen molar-refractivity contribution in [2.75, 3.05) is 37.6 Å². The fourth-order valence-electron chi connectivity index (χ4n) is 4.33. The number of nitrogens with zero attached hydrogens (tertiary/aromatic N) is 2. The maximum Gasteiger partial charge on any atom is 0.263 e. The molecule has 1 heterocycles. The highest BCUT2D eigenvalue weighted by atomic mass is 19.3. The highest BCUT2D eigenvalue weighted by Crippen LogP contribution is 2.28. The normalized spacial score (nSPS) is 24.2. The van der Waals surface area contributed by atoms with E-state index in [1.165, 1.54) is 25.3 Å². The Morgan fingerprint density at radius 2 is 1.85 bits per heavy atom. The van der Waals surface area contributed by atoms with Crippen molar-refractivity contribution in [1.29, 1.82) is 0 Å². The van der Waals surface area contributed by atoms with Crippen LogP contribution in [0.1, 0.15) is 51.0 Å². The second-order valence-corrected chi connectivity index (χ2v) is 7.93. The molecule has 6 heteroatoms. The Kier molecular flexibility index (Phi) is 7.05. The third-order valence-electron chi connectivity index (χ3n) is 5.97. The Hall–Kier alpha value is -1.69. The molecule has 1 N–H and O–H groups in total. The van der Waals surface area contributed by atoms with E-state index in [0.717, 1.165) is 57.2 Å². The van der Waals surface area contributed by atoms with Crippen molar-refractivity contribution in [3.63, 3.8) is 0 Å². The number of rotatable bonds is 6. The molecule has 27 heavy (non-hydrogen) atoms. The zero-order chi connectivity index (χ0) is 19.2. The Morgan fingerprint density at radius 1 is 1.15 bits per heavy atom. The molecule has 2 aliphatic rings. The molecule has 0 unspecified atom stereocenters. The second kappa shape index (κ2) is 9.49. The van der Waals surface area contributed by atoms with E-state index in [1.807, 2.05) is 6.07 Å². The molecule has 1 saturated carbocycles. The number of alkyl halides is 2. The van der Waals surface area contributed by atoms with Gasteiger partial charge in [-0.3, -0.25) is 9.69 Å². The Bertz CT molecular complexity index is 609. The quantitative estimate of drug-likeness (QED) is 0.816. The molecule has 0 aromatic heterocycles. The van der Waals surface area contributed by atoms with Gasteiger partial charge in [-0.15, -0.1) is 0 Å². The monoisotopic (exact) mass is 379 g/mol. The minimum absolute atomic E-state index is 0.0791. The first kappa shape index (κ1) is 20.1. The topological polar surface area (TPSA) is 35.6 Å². The number of hydrogen-bond donors (Lipinski definition) is 1. The number of halogens is 2. The first-order chi connectivity index (χ1) is 13.0. The molecule has 0 atom stereocenters. The lowest BCUT2D eigenvalue weighted by Gasteiger charge is -2.37. The molecule has 1 aromatic rings. The van der Waals surface area contributed by atoms with Crippen LogP contribution in [0.15, 0.2) is 24.3 Å². The first-order valence-electron chi connectivity index (χ1n) is 10.1. The summed E-state index contributed by atoms with van der Waals surface area (Å²) in [5, 5.41) is 3.04. The molecular weight excluding hydrogens is 348 g/mol. The third-order valence-corrected chi connectivity index (χ3v) is 5.97. The minimum atomic E-state index is -2.41. The van der Waals surface area contributed by atoms with Gasteiger partial charge in [0.15, 0.2) is 0 Å². The molecule has 1 aliphatic carbocycles. The van der Waals surface area contributed by atoms with Gasteiger partial charge in [0.2, 0.25) is 5.91 Å². The summed E-state index contributed by atoms with van der Waals surface area (Å²) < 4.78 is 25.8. The van der Waals surface area contributed by atoms with Gasteiger partial charge in [-0.05, 0) is 56.7 Å². The first-order valence-corrected chi connectivity index (χ1v) is 10.1. The van der Waals surface area contributed by atoms with E-state index in [9.17, 15) is 13.6 Å². The zero-order valence-electron chi connectivity index (χ0n) is 16.2. The van der Waals surface area contributed by atoms with E-state index in [4.69, 9.17) is 0 Å². The number of piperazine rings is 1. The average Bonchev–Trinajstić information content (AvgIpc) is 2.67. The highest BCUT2D eigenvalue weighted by Gasteiger charge is 2.23. The second-order valence-electron chi connectivity index (χ2n) is 7.93. The summed E-state index contributed by atoms with van der Waals surface area (Å²) >= 11 is 0. The molecule has 4 nitrogen and oxygen atoms in total. The summed E-state index contributed by atoms with van der Waals surface area (Å²) in [5.74, 6) is 0.839. The number of benzene rings is 1.